The summed E-state index contributed by atoms with van der Waals surface area (Å²) in [5, 5.41) is 0. The molecule has 0 radical (unpaired) electrons. The molecule has 0 bridgehead atoms. The maximum absolute atomic E-state index is 8.66. The molecule has 0 heterocycles. The second-order valence-electron chi connectivity index (χ2n) is 0.469. The van der Waals surface area contributed by atoms with Gasteiger partial charge in [0.05, 0.1) is 7.82 Å². The van der Waals surface area contributed by atoms with Gasteiger partial charge in [0.15, 0.2) is 0 Å². The second kappa shape index (κ2) is 9.10. The van der Waals surface area contributed by atoms with Gasteiger partial charge >= 0.3 is 60.8 Å². The molecule has 44 valence electrons. The van der Waals surface area contributed by atoms with Gasteiger partial charge in [-0.3, -0.25) is 0 Å². The van der Waals surface area contributed by atoms with E-state index in [4.69, 9.17) is 19.2 Å². The first-order chi connectivity index (χ1) is 2.00. The van der Waals surface area contributed by atoms with Crippen LogP contribution < -0.4 is 9.79 Å². The maximum Gasteiger partial charge on any atom is 2.00 e. The topological polar surface area (TPSA) is 115 Å². The minimum Gasteiger partial charge on any atom is -1.00 e. The molecule has 0 fully saturated rings. The molecule has 0 aromatic heterocycles. The molecule has 0 atom stereocenters. The summed E-state index contributed by atoms with van der Waals surface area (Å²) in [7, 11) is -5.14. The van der Waals surface area contributed by atoms with Crippen LogP contribution in [0.4, 0.5) is 0 Å². The van der Waals surface area contributed by atoms with Crippen LogP contribution in [0.3, 0.4) is 0 Å². The van der Waals surface area contributed by atoms with Crippen molar-refractivity contribution in [1.29, 1.82) is 0 Å². The molecule has 3 N–H and O–H groups in total. The zero-order valence-electron chi connectivity index (χ0n) is 6.03. The number of hydrogen-bond donors (Lipinski definition) is 1. The van der Waals surface area contributed by atoms with Crippen LogP contribution in [0, 0.1) is 0 Å². The largest absolute Gasteiger partial charge is 2.00 e. The van der Waals surface area contributed by atoms with Crippen LogP contribution in [0.25, 0.3) is 0 Å². The molecule has 0 saturated carbocycles. The summed E-state index contributed by atoms with van der Waals surface area (Å²) >= 11 is 0. The van der Waals surface area contributed by atoms with Gasteiger partial charge in [0.1, 0.15) is 0 Å². The van der Waals surface area contributed by atoms with E-state index in [1.165, 1.54) is 0 Å². The quantitative estimate of drug-likeness (QED) is 0.307. The van der Waals surface area contributed by atoms with Crippen molar-refractivity contribution in [2.45, 2.75) is 0 Å². The number of phosphoric acid groups is 1. The summed E-state index contributed by atoms with van der Waals surface area (Å²) in [5.41, 5.74) is 0. The average molecular weight is 180 g/mol. The smallest absolute Gasteiger partial charge is 1.00 e. The molecule has 8 heavy (non-hydrogen) atoms. The van der Waals surface area contributed by atoms with Gasteiger partial charge in [-0.05, 0) is 0 Å². The first-order valence-corrected chi connectivity index (χ1v) is 2.24. The Morgan fingerprint density at radius 3 is 1.50 bits per heavy atom. The van der Waals surface area contributed by atoms with Crippen molar-refractivity contribution in [2.24, 2.45) is 0 Å². The van der Waals surface area contributed by atoms with Gasteiger partial charge in [0.25, 0.3) is 0 Å². The van der Waals surface area contributed by atoms with Crippen LogP contribution in [0.2, 0.25) is 0 Å². The van der Waals surface area contributed by atoms with Gasteiger partial charge in [-0.15, -0.1) is 0 Å². The van der Waals surface area contributed by atoms with Crippen LogP contribution >= 0.6 is 7.82 Å². The summed E-state index contributed by atoms with van der Waals surface area (Å²) < 4.78 is 8.66. The summed E-state index contributed by atoms with van der Waals surface area (Å²) in [6, 6.07) is 0. The van der Waals surface area contributed by atoms with Crippen molar-refractivity contribution in [2.75, 3.05) is 0 Å². The minimum absolute atomic E-state index is 0. The van der Waals surface area contributed by atoms with Gasteiger partial charge in [0, 0.05) is 0 Å². The molecule has 0 rings (SSSR count). The van der Waals surface area contributed by atoms with Crippen molar-refractivity contribution >= 4 is 68.6 Å². The Labute approximate surface area is 95.1 Å². The molecule has 0 saturated heterocycles. The second-order valence-corrected chi connectivity index (χ2v) is 1.41. The molecule has 5 nitrogen and oxygen atoms in total. The Morgan fingerprint density at radius 1 is 1.50 bits per heavy atom. The van der Waals surface area contributed by atoms with Crippen LogP contribution in [-0.4, -0.2) is 71.2 Å². The molecule has 0 aromatic rings. The third-order valence-electron chi connectivity index (χ3n) is 0. The van der Waals surface area contributed by atoms with Crippen molar-refractivity contribution in [3.8, 4) is 0 Å². The zero-order valence-corrected chi connectivity index (χ0v) is 8.55. The zero-order chi connectivity index (χ0) is 4.50. The fourth-order valence-electron chi connectivity index (χ4n) is 0. The standard InChI is InChI=1S/Ca.Mg.H3O4P.H2O.2H/c;;1-5(2,3)4;;;/h;;(H3,1,2,3,4);1H2;;/q2*+2;;;2*-1/p-2. The van der Waals surface area contributed by atoms with Crippen molar-refractivity contribution in [1.82, 2.24) is 0 Å². The van der Waals surface area contributed by atoms with E-state index in [-0.39, 0.29) is 69.1 Å². The van der Waals surface area contributed by atoms with E-state index in [0.29, 0.717) is 0 Å². The Kier molecular flexibility index (Phi) is 25.6. The molecule has 0 aromatic carbocycles. The van der Waals surface area contributed by atoms with E-state index in [2.05, 4.69) is 0 Å². The predicted octanol–water partition coefficient (Wildman–Crippen LogP) is -3.55. The van der Waals surface area contributed by atoms with Crippen LogP contribution in [-0.2, 0) is 4.57 Å². The Bertz CT molecular complexity index is 65.8. The summed E-state index contributed by atoms with van der Waals surface area (Å²) in [6.07, 6.45) is 0. The van der Waals surface area contributed by atoms with Gasteiger partial charge in [0.2, 0.25) is 0 Å². The fraction of sp³-hybridized carbons (Fsp3) is 0. The van der Waals surface area contributed by atoms with Gasteiger partial charge < -0.3 is 27.6 Å². The fourth-order valence-corrected chi connectivity index (χ4v) is 0. The first-order valence-electron chi connectivity index (χ1n) is 0.748. The monoisotopic (exact) mass is 180 g/mol. The first kappa shape index (κ1) is 22.5. The SMILES string of the molecule is O.O=P([O-])([O-])O.[Ca+2].[H-].[H-].[Mg+2]. The van der Waals surface area contributed by atoms with Crippen molar-refractivity contribution < 1.29 is 27.6 Å². The van der Waals surface area contributed by atoms with E-state index < -0.39 is 7.82 Å². The van der Waals surface area contributed by atoms with E-state index in [9.17, 15) is 0 Å². The summed E-state index contributed by atoms with van der Waals surface area (Å²) in [4.78, 5) is 24.3. The van der Waals surface area contributed by atoms with Crippen molar-refractivity contribution in [3.05, 3.63) is 0 Å². The molecular weight excluding hydrogens is 175 g/mol. The van der Waals surface area contributed by atoms with E-state index >= 15 is 0 Å². The number of hydrogen-bond acceptors (Lipinski definition) is 3. The Balaban J connectivity index is -0.00000000800. The maximum atomic E-state index is 8.66. The molecule has 0 unspecified atom stereocenters. The molecule has 0 amide bonds. The predicted molar refractivity (Wildman–Crippen MR) is 27.2 cm³/mol. The Hall–Kier alpha value is 2.10. The summed E-state index contributed by atoms with van der Waals surface area (Å²) in [5.74, 6) is 0. The van der Waals surface area contributed by atoms with E-state index in [1.54, 1.807) is 0 Å². The van der Waals surface area contributed by atoms with Gasteiger partial charge in [-0.2, -0.15) is 0 Å². The summed E-state index contributed by atoms with van der Waals surface area (Å²) in [6.45, 7) is 0. The molecular formula is H5CaMgO5P. The average Bonchev–Trinajstić information content (AvgIpc) is 0.722. The van der Waals surface area contributed by atoms with Gasteiger partial charge in [-0.25, -0.2) is 0 Å². The molecule has 0 spiro atoms. The molecule has 0 aliphatic rings. The van der Waals surface area contributed by atoms with E-state index in [0.717, 1.165) is 0 Å². The van der Waals surface area contributed by atoms with Crippen molar-refractivity contribution in [3.63, 3.8) is 0 Å². The van der Waals surface area contributed by atoms with Crippen LogP contribution in [0.1, 0.15) is 2.85 Å². The molecule has 0 aliphatic carbocycles. The molecule has 0 aliphatic heterocycles. The third kappa shape index (κ3) is 92.8. The third-order valence-corrected chi connectivity index (χ3v) is 0. The Morgan fingerprint density at radius 2 is 1.50 bits per heavy atom. The van der Waals surface area contributed by atoms with E-state index in [1.807, 2.05) is 0 Å². The minimum atomic E-state index is -5.14. The molecule has 8 heteroatoms. The van der Waals surface area contributed by atoms with Crippen LogP contribution in [0.15, 0.2) is 0 Å². The number of rotatable bonds is 0. The van der Waals surface area contributed by atoms with Crippen LogP contribution in [0.5, 0.6) is 0 Å². The normalized spacial score (nSPS) is 7.38. The van der Waals surface area contributed by atoms with Gasteiger partial charge in [-0.1, -0.05) is 0 Å².